The van der Waals surface area contributed by atoms with Crippen LogP contribution < -0.4 is 25.0 Å². The van der Waals surface area contributed by atoms with Gasteiger partial charge in [0, 0.05) is 15.0 Å². The molecule has 0 saturated carbocycles. The number of para-hydroxylation sites is 8. The molecule has 46 heavy (non-hydrogen) atoms. The Balaban J connectivity index is 0.000000147. The van der Waals surface area contributed by atoms with E-state index < -0.39 is 0 Å². The number of nitrogens with two attached hydrogens (primary N) is 1. The van der Waals surface area contributed by atoms with Gasteiger partial charge in [-0.2, -0.15) is 0 Å². The molecule has 0 radical (unpaired) electrons. The van der Waals surface area contributed by atoms with Crippen molar-refractivity contribution in [2.24, 2.45) is 0 Å². The molecule has 0 atom stereocenters. The van der Waals surface area contributed by atoms with E-state index in [1.165, 1.54) is 6.07 Å². The molecule has 0 spiro atoms. The first kappa shape index (κ1) is 29.4. The highest BCUT2D eigenvalue weighted by Crippen LogP contribution is 2.55. The molecule has 0 saturated heterocycles. The second kappa shape index (κ2) is 12.2. The van der Waals surface area contributed by atoms with Gasteiger partial charge in [-0.25, -0.2) is 0 Å². The Hall–Kier alpha value is -5.32. The van der Waals surface area contributed by atoms with E-state index in [1.807, 2.05) is 114 Å². The standard InChI is InChI=1S/C18H11BrN2O3.C18H13BrN2O/c19-12-6-1-2-7-13(12)20-14-8-3-4-10-16(14)24-17-11-5-9-15(18(17)20)21(22)23;19-12-6-1-2-8-14(12)21-15-9-3-4-10-16(15)22-17-11-5-7-13(20)18(17)21/h1-11H;1-11H,20H2. The van der Waals surface area contributed by atoms with E-state index >= 15 is 0 Å². The molecule has 6 aromatic rings. The van der Waals surface area contributed by atoms with Crippen LogP contribution in [-0.2, 0) is 0 Å². The van der Waals surface area contributed by atoms with Crippen molar-refractivity contribution in [2.45, 2.75) is 0 Å². The van der Waals surface area contributed by atoms with Gasteiger partial charge in [-0.15, -0.1) is 0 Å². The highest BCUT2D eigenvalue weighted by atomic mass is 79.9. The maximum atomic E-state index is 11.6. The lowest BCUT2D eigenvalue weighted by molar-refractivity contribution is -0.384. The molecule has 8 rings (SSSR count). The normalized spacial score (nSPS) is 12.2. The fourth-order valence-corrected chi connectivity index (χ4v) is 6.45. The second-order valence-corrected chi connectivity index (χ2v) is 12.0. The van der Waals surface area contributed by atoms with Crippen LogP contribution in [0.25, 0.3) is 0 Å². The summed E-state index contributed by atoms with van der Waals surface area (Å²) < 4.78 is 13.8. The molecular weight excluding hydrogens is 712 g/mol. The zero-order valence-corrected chi connectivity index (χ0v) is 27.2. The topological polar surface area (TPSA) is 94.1 Å². The van der Waals surface area contributed by atoms with Crippen molar-refractivity contribution in [3.05, 3.63) is 153 Å². The van der Waals surface area contributed by atoms with Crippen LogP contribution in [0.5, 0.6) is 23.0 Å². The fraction of sp³-hybridized carbons (Fsp3) is 0. The molecule has 2 heterocycles. The van der Waals surface area contributed by atoms with Gasteiger partial charge in [-0.3, -0.25) is 15.0 Å². The van der Waals surface area contributed by atoms with Crippen molar-refractivity contribution >= 4 is 77.4 Å². The first-order chi connectivity index (χ1) is 22.4. The SMILES string of the molecule is Nc1cccc2c1N(c1ccccc1Br)c1ccccc1O2.O=[N+]([O-])c1cccc2c1N(c1ccccc1Br)c1ccccc1O2. The molecule has 2 N–H and O–H groups in total. The van der Waals surface area contributed by atoms with E-state index in [4.69, 9.17) is 15.2 Å². The van der Waals surface area contributed by atoms with Gasteiger partial charge in [0.1, 0.15) is 5.69 Å². The molecule has 0 unspecified atom stereocenters. The molecule has 8 nitrogen and oxygen atoms in total. The van der Waals surface area contributed by atoms with Crippen LogP contribution in [0.15, 0.2) is 142 Å². The van der Waals surface area contributed by atoms with E-state index in [0.717, 1.165) is 48.9 Å². The van der Waals surface area contributed by atoms with Crippen molar-refractivity contribution in [3.63, 3.8) is 0 Å². The van der Waals surface area contributed by atoms with E-state index in [9.17, 15) is 10.1 Å². The van der Waals surface area contributed by atoms with E-state index in [-0.39, 0.29) is 10.6 Å². The summed E-state index contributed by atoms with van der Waals surface area (Å²) in [7, 11) is 0. The Bertz CT molecular complexity index is 2100. The minimum Gasteiger partial charge on any atom is -0.453 e. The smallest absolute Gasteiger partial charge is 0.297 e. The summed E-state index contributed by atoms with van der Waals surface area (Å²) in [6.45, 7) is 0. The summed E-state index contributed by atoms with van der Waals surface area (Å²) in [5.41, 5.74) is 11.8. The Morgan fingerprint density at radius 1 is 0.522 bits per heavy atom. The van der Waals surface area contributed by atoms with Crippen molar-refractivity contribution in [1.82, 2.24) is 0 Å². The quantitative estimate of drug-likeness (QED) is 0.110. The third kappa shape index (κ3) is 5.21. The highest BCUT2D eigenvalue weighted by molar-refractivity contribution is 9.11. The third-order valence-electron chi connectivity index (χ3n) is 7.49. The predicted octanol–water partition coefficient (Wildman–Crippen LogP) is 11.5. The maximum Gasteiger partial charge on any atom is 0.297 e. The lowest BCUT2D eigenvalue weighted by Gasteiger charge is -2.34. The van der Waals surface area contributed by atoms with E-state index in [0.29, 0.717) is 22.9 Å². The summed E-state index contributed by atoms with van der Waals surface area (Å²) in [6, 6.07) is 41.7. The van der Waals surface area contributed by atoms with E-state index in [2.05, 4.69) is 42.8 Å². The maximum absolute atomic E-state index is 11.6. The number of nitrogen functional groups attached to an aromatic ring is 1. The van der Waals surface area contributed by atoms with Gasteiger partial charge in [0.2, 0.25) is 0 Å². The van der Waals surface area contributed by atoms with E-state index in [1.54, 1.807) is 12.1 Å². The zero-order valence-electron chi connectivity index (χ0n) is 24.0. The first-order valence-electron chi connectivity index (χ1n) is 14.2. The minimum absolute atomic E-state index is 0.00208. The molecule has 2 aliphatic heterocycles. The monoisotopic (exact) mass is 734 g/mol. The molecule has 10 heteroatoms. The number of nitrogens with zero attached hydrogens (tertiary/aromatic N) is 3. The van der Waals surface area contributed by atoms with Gasteiger partial charge in [0.15, 0.2) is 28.7 Å². The molecule has 0 aromatic heterocycles. The van der Waals surface area contributed by atoms with Crippen molar-refractivity contribution in [1.29, 1.82) is 0 Å². The number of ether oxygens (including phenoxy) is 2. The van der Waals surface area contributed by atoms with Gasteiger partial charge in [-0.05, 0) is 98.6 Å². The first-order valence-corrected chi connectivity index (χ1v) is 15.8. The van der Waals surface area contributed by atoms with Crippen LogP contribution in [0, 0.1) is 10.1 Å². The lowest BCUT2D eigenvalue weighted by Crippen LogP contribution is -2.17. The Morgan fingerprint density at radius 3 is 1.46 bits per heavy atom. The average Bonchev–Trinajstić information content (AvgIpc) is 3.07. The minimum atomic E-state index is -0.389. The number of hydrogen-bond donors (Lipinski definition) is 1. The summed E-state index contributed by atoms with van der Waals surface area (Å²) >= 11 is 7.18. The van der Waals surface area contributed by atoms with Gasteiger partial charge >= 0.3 is 0 Å². The summed E-state index contributed by atoms with van der Waals surface area (Å²) in [4.78, 5) is 15.2. The number of nitro groups is 1. The number of rotatable bonds is 3. The number of anilines is 7. The Morgan fingerprint density at radius 2 is 0.935 bits per heavy atom. The number of halogens is 2. The lowest BCUT2D eigenvalue weighted by atomic mass is 10.1. The number of fused-ring (bicyclic) bond motifs is 4. The van der Waals surface area contributed by atoms with Crippen LogP contribution in [0.2, 0.25) is 0 Å². The van der Waals surface area contributed by atoms with Crippen LogP contribution in [0.1, 0.15) is 0 Å². The summed E-state index contributed by atoms with van der Waals surface area (Å²) in [5.74, 6) is 2.69. The van der Waals surface area contributed by atoms with Crippen molar-refractivity contribution in [2.75, 3.05) is 15.5 Å². The number of hydrogen-bond acceptors (Lipinski definition) is 7. The number of nitro benzene ring substituents is 1. The molecule has 0 aliphatic carbocycles. The molecule has 6 aromatic carbocycles. The molecule has 0 fully saturated rings. The largest absolute Gasteiger partial charge is 0.453 e. The van der Waals surface area contributed by atoms with Gasteiger partial charge in [-0.1, -0.05) is 60.7 Å². The second-order valence-electron chi connectivity index (χ2n) is 10.3. The van der Waals surface area contributed by atoms with Crippen molar-refractivity contribution in [3.8, 4) is 23.0 Å². The zero-order chi connectivity index (χ0) is 31.8. The molecular formula is C36H24Br2N4O4. The van der Waals surface area contributed by atoms with Crippen LogP contribution in [-0.4, -0.2) is 4.92 Å². The summed E-state index contributed by atoms with van der Waals surface area (Å²) in [6.07, 6.45) is 0. The van der Waals surface area contributed by atoms with Crippen LogP contribution in [0.3, 0.4) is 0 Å². The van der Waals surface area contributed by atoms with Crippen molar-refractivity contribution < 1.29 is 14.4 Å². The highest BCUT2D eigenvalue weighted by Gasteiger charge is 2.33. The Labute approximate surface area is 281 Å². The van der Waals surface area contributed by atoms with Gasteiger partial charge in [0.05, 0.1) is 33.4 Å². The average molecular weight is 736 g/mol. The third-order valence-corrected chi connectivity index (χ3v) is 8.83. The number of benzene rings is 6. The predicted molar refractivity (Wildman–Crippen MR) is 189 cm³/mol. The molecule has 0 bridgehead atoms. The molecule has 2 aliphatic rings. The van der Waals surface area contributed by atoms with Gasteiger partial charge < -0.3 is 20.1 Å². The molecule has 226 valence electrons. The molecule has 0 amide bonds. The van der Waals surface area contributed by atoms with Gasteiger partial charge in [0.25, 0.3) is 5.69 Å². The Kier molecular flexibility index (Phi) is 7.81. The fourth-order valence-electron chi connectivity index (χ4n) is 5.53. The van der Waals surface area contributed by atoms with Crippen LogP contribution in [0.4, 0.5) is 45.5 Å². The summed E-state index contributed by atoms with van der Waals surface area (Å²) in [5, 5.41) is 11.6. The van der Waals surface area contributed by atoms with Crippen LogP contribution >= 0.6 is 31.9 Å².